The van der Waals surface area contributed by atoms with Crippen molar-refractivity contribution in [2.24, 2.45) is 5.92 Å². The van der Waals surface area contributed by atoms with Gasteiger partial charge < -0.3 is 15.2 Å². The van der Waals surface area contributed by atoms with E-state index in [1.807, 2.05) is 24.3 Å². The number of rotatable bonds is 6. The first-order chi connectivity index (χ1) is 10.5. The molecule has 0 aromatic heterocycles. The van der Waals surface area contributed by atoms with Crippen molar-refractivity contribution in [3.05, 3.63) is 29.8 Å². The van der Waals surface area contributed by atoms with Gasteiger partial charge in [-0.2, -0.15) is 0 Å². The Labute approximate surface area is 130 Å². The second kappa shape index (κ2) is 7.94. The molecule has 0 radical (unpaired) electrons. The summed E-state index contributed by atoms with van der Waals surface area (Å²) in [5.74, 6) is -1.26. The van der Waals surface area contributed by atoms with Gasteiger partial charge >= 0.3 is 5.97 Å². The fraction of sp³-hybridized carbons (Fsp3) is 0.529. The van der Waals surface area contributed by atoms with E-state index in [1.54, 1.807) is 6.92 Å². The Balaban J connectivity index is 1.82. The molecule has 2 rings (SSSR count). The molecule has 1 amide bonds. The number of aliphatic carboxylic acids is 1. The highest BCUT2D eigenvalue weighted by Gasteiger charge is 2.17. The molecular formula is C17H23NO4. The van der Waals surface area contributed by atoms with Crippen LogP contribution in [0.5, 0.6) is 0 Å². The largest absolute Gasteiger partial charge is 0.481 e. The highest BCUT2D eigenvalue weighted by atomic mass is 16.5. The summed E-state index contributed by atoms with van der Waals surface area (Å²) >= 11 is 0. The van der Waals surface area contributed by atoms with Gasteiger partial charge in [-0.15, -0.1) is 0 Å². The molecule has 0 bridgehead atoms. The van der Waals surface area contributed by atoms with Crippen molar-refractivity contribution in [1.82, 2.24) is 0 Å². The molecule has 22 heavy (non-hydrogen) atoms. The number of carboxylic acid groups (broad SMARTS) is 1. The van der Waals surface area contributed by atoms with E-state index in [2.05, 4.69) is 5.32 Å². The van der Waals surface area contributed by atoms with E-state index in [9.17, 15) is 9.59 Å². The van der Waals surface area contributed by atoms with Gasteiger partial charge in [0.2, 0.25) is 5.91 Å². The van der Waals surface area contributed by atoms with Crippen LogP contribution in [-0.2, 0) is 20.7 Å². The standard InChI is InChI=1S/C17H23NO4/c1-12(17(20)21)10-13-5-7-14(8-6-13)18-16(19)11-15-4-2-3-9-22-15/h5-8,12,15H,2-4,9-11H2,1H3,(H,18,19)(H,20,21)/t12-,15+/m0/s1. The second-order valence-electron chi connectivity index (χ2n) is 5.88. The van der Waals surface area contributed by atoms with Gasteiger partial charge in [0.1, 0.15) is 0 Å². The molecule has 2 N–H and O–H groups in total. The number of hydrogen-bond donors (Lipinski definition) is 2. The van der Waals surface area contributed by atoms with Gasteiger partial charge in [-0.25, -0.2) is 0 Å². The minimum atomic E-state index is -0.801. The van der Waals surface area contributed by atoms with Crippen LogP contribution in [0.3, 0.4) is 0 Å². The van der Waals surface area contributed by atoms with Gasteiger partial charge in [-0.1, -0.05) is 19.1 Å². The average Bonchev–Trinajstić information content (AvgIpc) is 2.50. The number of amides is 1. The van der Waals surface area contributed by atoms with Crippen LogP contribution in [0, 0.1) is 5.92 Å². The molecule has 120 valence electrons. The summed E-state index contributed by atoms with van der Waals surface area (Å²) in [6.45, 7) is 2.43. The van der Waals surface area contributed by atoms with Gasteiger partial charge in [0.25, 0.3) is 0 Å². The van der Waals surface area contributed by atoms with E-state index in [1.165, 1.54) is 0 Å². The SMILES string of the molecule is C[C@@H](Cc1ccc(NC(=O)C[C@H]2CCCCO2)cc1)C(=O)O. The van der Waals surface area contributed by atoms with E-state index < -0.39 is 11.9 Å². The Morgan fingerprint density at radius 2 is 2.05 bits per heavy atom. The molecule has 1 heterocycles. The maximum absolute atomic E-state index is 12.0. The number of anilines is 1. The summed E-state index contributed by atoms with van der Waals surface area (Å²) < 4.78 is 5.56. The molecule has 1 fully saturated rings. The number of carboxylic acids is 1. The van der Waals surface area contributed by atoms with Gasteiger partial charge in [-0.3, -0.25) is 9.59 Å². The zero-order valence-electron chi connectivity index (χ0n) is 12.9. The zero-order valence-corrected chi connectivity index (χ0v) is 12.9. The van der Waals surface area contributed by atoms with Gasteiger partial charge in [0.05, 0.1) is 18.4 Å². The third kappa shape index (κ3) is 5.15. The predicted octanol–water partition coefficient (Wildman–Crippen LogP) is 2.85. The molecule has 1 aliphatic heterocycles. The lowest BCUT2D eigenvalue weighted by Gasteiger charge is -2.21. The number of carbonyl (C=O) groups is 2. The van der Waals surface area contributed by atoms with Crippen LogP contribution >= 0.6 is 0 Å². The number of carbonyl (C=O) groups excluding carboxylic acids is 1. The molecular weight excluding hydrogens is 282 g/mol. The van der Waals surface area contributed by atoms with E-state index >= 15 is 0 Å². The van der Waals surface area contributed by atoms with Crippen LogP contribution in [0.25, 0.3) is 0 Å². The zero-order chi connectivity index (χ0) is 15.9. The average molecular weight is 305 g/mol. The third-order valence-electron chi connectivity index (χ3n) is 3.89. The highest BCUT2D eigenvalue weighted by molar-refractivity contribution is 5.91. The molecule has 0 saturated carbocycles. The first kappa shape index (κ1) is 16.5. The number of hydrogen-bond acceptors (Lipinski definition) is 3. The van der Waals surface area contributed by atoms with Crippen LogP contribution in [0.4, 0.5) is 5.69 Å². The quantitative estimate of drug-likeness (QED) is 0.847. The van der Waals surface area contributed by atoms with Crippen LogP contribution < -0.4 is 5.32 Å². The van der Waals surface area contributed by atoms with Crippen molar-refractivity contribution in [2.75, 3.05) is 11.9 Å². The minimum absolute atomic E-state index is 0.0319. The van der Waals surface area contributed by atoms with E-state index in [-0.39, 0.29) is 12.0 Å². The minimum Gasteiger partial charge on any atom is -0.481 e. The maximum Gasteiger partial charge on any atom is 0.306 e. The van der Waals surface area contributed by atoms with Gasteiger partial charge in [-0.05, 0) is 43.4 Å². The second-order valence-corrected chi connectivity index (χ2v) is 5.88. The smallest absolute Gasteiger partial charge is 0.306 e. The molecule has 0 unspecified atom stereocenters. The number of benzene rings is 1. The van der Waals surface area contributed by atoms with Crippen molar-refractivity contribution >= 4 is 17.6 Å². The molecule has 1 aromatic rings. The summed E-state index contributed by atoms with van der Waals surface area (Å²) in [5, 5.41) is 11.8. The molecule has 5 nitrogen and oxygen atoms in total. The van der Waals surface area contributed by atoms with Crippen LogP contribution in [0.1, 0.15) is 38.2 Å². The molecule has 1 aliphatic rings. The van der Waals surface area contributed by atoms with Crippen LogP contribution in [-0.4, -0.2) is 29.7 Å². The van der Waals surface area contributed by atoms with Crippen molar-refractivity contribution in [2.45, 2.75) is 45.1 Å². The summed E-state index contributed by atoms with van der Waals surface area (Å²) in [5.41, 5.74) is 1.68. The van der Waals surface area contributed by atoms with Crippen LogP contribution in [0.15, 0.2) is 24.3 Å². The fourth-order valence-corrected chi connectivity index (χ4v) is 2.55. The highest BCUT2D eigenvalue weighted by Crippen LogP contribution is 2.17. The Morgan fingerprint density at radius 3 is 2.64 bits per heavy atom. The van der Waals surface area contributed by atoms with E-state index in [0.29, 0.717) is 12.8 Å². The number of nitrogens with one attached hydrogen (secondary N) is 1. The lowest BCUT2D eigenvalue weighted by atomic mass is 10.0. The summed E-state index contributed by atoms with van der Waals surface area (Å²) in [6.07, 6.45) is 4.05. The molecule has 2 atom stereocenters. The first-order valence-corrected chi connectivity index (χ1v) is 7.78. The van der Waals surface area contributed by atoms with E-state index in [0.717, 1.165) is 37.1 Å². The Morgan fingerprint density at radius 1 is 1.32 bits per heavy atom. The molecule has 0 spiro atoms. The normalized spacial score (nSPS) is 19.4. The first-order valence-electron chi connectivity index (χ1n) is 7.78. The van der Waals surface area contributed by atoms with Gasteiger partial charge in [0, 0.05) is 12.3 Å². The van der Waals surface area contributed by atoms with Crippen molar-refractivity contribution in [3.63, 3.8) is 0 Å². The Hall–Kier alpha value is -1.88. The predicted molar refractivity (Wildman–Crippen MR) is 83.8 cm³/mol. The fourth-order valence-electron chi connectivity index (χ4n) is 2.55. The summed E-state index contributed by atoms with van der Waals surface area (Å²) in [6, 6.07) is 7.32. The summed E-state index contributed by atoms with van der Waals surface area (Å²) in [7, 11) is 0. The maximum atomic E-state index is 12.0. The van der Waals surface area contributed by atoms with Crippen molar-refractivity contribution in [3.8, 4) is 0 Å². The van der Waals surface area contributed by atoms with Gasteiger partial charge in [0.15, 0.2) is 0 Å². The molecule has 5 heteroatoms. The summed E-state index contributed by atoms with van der Waals surface area (Å²) in [4.78, 5) is 22.8. The molecule has 0 aliphatic carbocycles. The number of ether oxygens (including phenoxy) is 1. The van der Waals surface area contributed by atoms with Crippen molar-refractivity contribution < 1.29 is 19.4 Å². The third-order valence-corrected chi connectivity index (χ3v) is 3.89. The van der Waals surface area contributed by atoms with Crippen LogP contribution in [0.2, 0.25) is 0 Å². The molecule has 1 saturated heterocycles. The monoisotopic (exact) mass is 305 g/mol. The van der Waals surface area contributed by atoms with Crippen molar-refractivity contribution in [1.29, 1.82) is 0 Å². The molecule has 1 aromatic carbocycles. The van der Waals surface area contributed by atoms with E-state index in [4.69, 9.17) is 9.84 Å². The topological polar surface area (TPSA) is 75.6 Å². The Bertz CT molecular complexity index is 506. The lowest BCUT2D eigenvalue weighted by Crippen LogP contribution is -2.25. The Kier molecular flexibility index (Phi) is 5.95. The lowest BCUT2D eigenvalue weighted by molar-refractivity contribution is -0.141.